The lowest BCUT2D eigenvalue weighted by molar-refractivity contribution is 0.116. The molecule has 114 valence electrons. The zero-order valence-corrected chi connectivity index (χ0v) is 13.4. The van der Waals surface area contributed by atoms with Gasteiger partial charge in [-0.25, -0.2) is 0 Å². The monoisotopic (exact) mass is 269 g/mol. The molecule has 2 nitrogen and oxygen atoms in total. The topological polar surface area (TPSA) is 21.3 Å². The van der Waals surface area contributed by atoms with Crippen molar-refractivity contribution in [3.63, 3.8) is 0 Å². The fourth-order valence-corrected chi connectivity index (χ4v) is 3.02. The predicted octanol–water partition coefficient (Wildman–Crippen LogP) is 4.39. The summed E-state index contributed by atoms with van der Waals surface area (Å²) in [6.45, 7) is 9.84. The summed E-state index contributed by atoms with van der Waals surface area (Å²) >= 11 is 0. The fraction of sp³-hybridized carbons (Fsp3) is 1.00. The quantitative estimate of drug-likeness (QED) is 0.562. The van der Waals surface area contributed by atoms with E-state index in [9.17, 15) is 0 Å². The molecule has 1 fully saturated rings. The van der Waals surface area contributed by atoms with Crippen molar-refractivity contribution in [2.75, 3.05) is 19.8 Å². The Hall–Kier alpha value is -0.0800. The smallest absolute Gasteiger partial charge is 0.0468 e. The highest BCUT2D eigenvalue weighted by Crippen LogP contribution is 2.29. The second-order valence-corrected chi connectivity index (χ2v) is 6.54. The van der Waals surface area contributed by atoms with E-state index in [0.29, 0.717) is 0 Å². The molecule has 0 amide bonds. The maximum atomic E-state index is 5.73. The van der Waals surface area contributed by atoms with E-state index in [1.54, 1.807) is 0 Å². The van der Waals surface area contributed by atoms with Gasteiger partial charge in [0.15, 0.2) is 0 Å². The molecule has 0 heterocycles. The summed E-state index contributed by atoms with van der Waals surface area (Å²) in [6.07, 6.45) is 10.7. The Bertz CT molecular complexity index is 199. The first kappa shape index (κ1) is 17.0. The average molecular weight is 269 g/mol. The van der Waals surface area contributed by atoms with Gasteiger partial charge in [0, 0.05) is 19.3 Å². The predicted molar refractivity (Wildman–Crippen MR) is 83.5 cm³/mol. The zero-order valence-electron chi connectivity index (χ0n) is 13.4. The van der Waals surface area contributed by atoms with Crippen LogP contribution in [-0.2, 0) is 4.74 Å². The van der Waals surface area contributed by atoms with E-state index in [1.165, 1.54) is 57.9 Å². The van der Waals surface area contributed by atoms with Gasteiger partial charge >= 0.3 is 0 Å². The summed E-state index contributed by atoms with van der Waals surface area (Å²) in [6, 6.07) is 0.746. The molecule has 0 bridgehead atoms. The van der Waals surface area contributed by atoms with Crippen molar-refractivity contribution in [2.24, 2.45) is 11.8 Å². The van der Waals surface area contributed by atoms with Crippen LogP contribution >= 0.6 is 0 Å². The van der Waals surface area contributed by atoms with Crippen molar-refractivity contribution in [1.82, 2.24) is 5.32 Å². The van der Waals surface area contributed by atoms with E-state index in [1.807, 2.05) is 0 Å². The third-order valence-electron chi connectivity index (χ3n) is 4.27. The first-order valence-electron chi connectivity index (χ1n) is 8.55. The Labute approximate surface area is 120 Å². The van der Waals surface area contributed by atoms with Gasteiger partial charge in [-0.3, -0.25) is 0 Å². The molecule has 2 heteroatoms. The molecule has 1 atom stereocenters. The van der Waals surface area contributed by atoms with Crippen molar-refractivity contribution in [2.45, 2.75) is 78.2 Å². The Balaban J connectivity index is 2.10. The Kier molecular flexibility index (Phi) is 9.54. The highest BCUT2D eigenvalue weighted by molar-refractivity contribution is 4.80. The molecular weight excluding hydrogens is 234 g/mol. The number of nitrogens with one attached hydrogen (secondary N) is 1. The van der Waals surface area contributed by atoms with Crippen LogP contribution in [0.3, 0.4) is 0 Å². The van der Waals surface area contributed by atoms with Crippen molar-refractivity contribution in [3.8, 4) is 0 Å². The molecular formula is C17H35NO. The second kappa shape index (κ2) is 10.7. The van der Waals surface area contributed by atoms with Gasteiger partial charge in [-0.2, -0.15) is 0 Å². The van der Waals surface area contributed by atoms with Crippen LogP contribution in [0.2, 0.25) is 0 Å². The minimum atomic E-state index is 0.746. The number of rotatable bonds is 11. The maximum Gasteiger partial charge on any atom is 0.0468 e. The number of hydrogen-bond acceptors (Lipinski definition) is 2. The number of ether oxygens (including phenoxy) is 1. The average Bonchev–Trinajstić information content (AvgIpc) is 2.90. The molecule has 0 saturated heterocycles. The van der Waals surface area contributed by atoms with E-state index >= 15 is 0 Å². The van der Waals surface area contributed by atoms with Crippen LogP contribution in [0.15, 0.2) is 0 Å². The number of hydrogen-bond donors (Lipinski definition) is 1. The van der Waals surface area contributed by atoms with E-state index < -0.39 is 0 Å². The summed E-state index contributed by atoms with van der Waals surface area (Å²) < 4.78 is 5.73. The lowest BCUT2D eigenvalue weighted by Gasteiger charge is -2.24. The molecule has 1 aliphatic rings. The van der Waals surface area contributed by atoms with Gasteiger partial charge in [0.05, 0.1) is 0 Å². The molecule has 1 aliphatic carbocycles. The first-order valence-corrected chi connectivity index (χ1v) is 8.55. The minimum absolute atomic E-state index is 0.746. The molecule has 0 aromatic carbocycles. The van der Waals surface area contributed by atoms with Crippen LogP contribution in [0.5, 0.6) is 0 Å². The highest BCUT2D eigenvalue weighted by Gasteiger charge is 2.23. The molecule has 19 heavy (non-hydrogen) atoms. The zero-order chi connectivity index (χ0) is 13.9. The Morgan fingerprint density at radius 2 is 1.84 bits per heavy atom. The van der Waals surface area contributed by atoms with Crippen molar-refractivity contribution < 1.29 is 4.74 Å². The molecule has 1 rings (SSSR count). The molecule has 1 unspecified atom stereocenters. The van der Waals surface area contributed by atoms with Gasteiger partial charge in [0.1, 0.15) is 0 Å². The second-order valence-electron chi connectivity index (χ2n) is 6.54. The van der Waals surface area contributed by atoms with Gasteiger partial charge in [0.25, 0.3) is 0 Å². The van der Waals surface area contributed by atoms with Crippen LogP contribution in [-0.4, -0.2) is 25.8 Å². The van der Waals surface area contributed by atoms with Gasteiger partial charge in [-0.05, 0) is 56.9 Å². The van der Waals surface area contributed by atoms with Gasteiger partial charge in [-0.15, -0.1) is 0 Å². The third kappa shape index (κ3) is 7.94. The molecule has 0 radical (unpaired) electrons. The fourth-order valence-electron chi connectivity index (χ4n) is 3.02. The molecule has 0 aromatic rings. The van der Waals surface area contributed by atoms with E-state index in [4.69, 9.17) is 4.74 Å². The summed E-state index contributed by atoms with van der Waals surface area (Å²) in [4.78, 5) is 0. The lowest BCUT2D eigenvalue weighted by atomic mass is 9.94. The van der Waals surface area contributed by atoms with Crippen molar-refractivity contribution in [3.05, 3.63) is 0 Å². The van der Waals surface area contributed by atoms with E-state index in [2.05, 4.69) is 26.1 Å². The van der Waals surface area contributed by atoms with Crippen LogP contribution in [0.4, 0.5) is 0 Å². The standard InChI is InChI=1S/C17H35NO/c1-4-12-18-17(16-8-5-6-9-16)10-7-13-19-14-11-15(2)3/h15-18H,4-14H2,1-3H3. The minimum Gasteiger partial charge on any atom is -0.381 e. The van der Waals surface area contributed by atoms with E-state index in [0.717, 1.165) is 31.1 Å². The lowest BCUT2D eigenvalue weighted by Crippen LogP contribution is -2.35. The molecule has 1 saturated carbocycles. The largest absolute Gasteiger partial charge is 0.381 e. The first-order chi connectivity index (χ1) is 9.24. The maximum absolute atomic E-state index is 5.73. The van der Waals surface area contributed by atoms with Crippen LogP contribution in [0, 0.1) is 11.8 Å². The van der Waals surface area contributed by atoms with Crippen molar-refractivity contribution in [1.29, 1.82) is 0 Å². The van der Waals surface area contributed by atoms with Crippen LogP contribution < -0.4 is 5.32 Å². The van der Waals surface area contributed by atoms with Gasteiger partial charge < -0.3 is 10.1 Å². The summed E-state index contributed by atoms with van der Waals surface area (Å²) in [5.74, 6) is 1.69. The Morgan fingerprint density at radius 1 is 1.11 bits per heavy atom. The van der Waals surface area contributed by atoms with Crippen LogP contribution in [0.25, 0.3) is 0 Å². The van der Waals surface area contributed by atoms with Gasteiger partial charge in [-0.1, -0.05) is 33.6 Å². The molecule has 0 spiro atoms. The third-order valence-corrected chi connectivity index (χ3v) is 4.27. The SMILES string of the molecule is CCCNC(CCCOCCC(C)C)C1CCCC1. The summed E-state index contributed by atoms with van der Waals surface area (Å²) in [7, 11) is 0. The van der Waals surface area contributed by atoms with Gasteiger partial charge in [0.2, 0.25) is 0 Å². The molecule has 0 aliphatic heterocycles. The highest BCUT2D eigenvalue weighted by atomic mass is 16.5. The Morgan fingerprint density at radius 3 is 2.47 bits per heavy atom. The summed E-state index contributed by atoms with van der Waals surface area (Å²) in [5, 5.41) is 3.76. The van der Waals surface area contributed by atoms with Crippen molar-refractivity contribution >= 4 is 0 Å². The summed E-state index contributed by atoms with van der Waals surface area (Å²) in [5.41, 5.74) is 0. The van der Waals surface area contributed by atoms with Crippen LogP contribution in [0.1, 0.15) is 72.1 Å². The molecule has 0 aromatic heterocycles. The molecule has 1 N–H and O–H groups in total. The van der Waals surface area contributed by atoms with E-state index in [-0.39, 0.29) is 0 Å². The normalized spacial score (nSPS) is 18.3.